The van der Waals surface area contributed by atoms with Gasteiger partial charge in [-0.05, 0) is 32.4 Å². The highest BCUT2D eigenvalue weighted by Gasteiger charge is 2.16. The predicted octanol–water partition coefficient (Wildman–Crippen LogP) is 2.44. The summed E-state index contributed by atoms with van der Waals surface area (Å²) in [7, 11) is 0. The Morgan fingerprint density at radius 1 is 1.50 bits per heavy atom. The smallest absolute Gasteiger partial charge is 0.226 e. The van der Waals surface area contributed by atoms with Crippen LogP contribution in [0.4, 0.5) is 5.69 Å². The van der Waals surface area contributed by atoms with Crippen LogP contribution < -0.4 is 15.8 Å². The second kappa shape index (κ2) is 7.51. The van der Waals surface area contributed by atoms with Crippen molar-refractivity contribution < 1.29 is 9.53 Å². The van der Waals surface area contributed by atoms with Gasteiger partial charge in [0, 0.05) is 30.1 Å². The first-order valence-electron chi connectivity index (χ1n) is 6.59. The van der Waals surface area contributed by atoms with Gasteiger partial charge < -0.3 is 15.8 Å². The second-order valence-corrected chi connectivity index (χ2v) is 5.35. The number of nitrogens with one attached hydrogen (secondary N) is 1. The zero-order valence-electron chi connectivity index (χ0n) is 12.0. The SMILES string of the molecule is CC(C)(N)CC(=O)Nc1cccc(OCCCC#N)c1. The molecule has 108 valence electrons. The average molecular weight is 275 g/mol. The molecule has 0 aliphatic heterocycles. The molecule has 1 aromatic rings. The lowest BCUT2D eigenvalue weighted by Crippen LogP contribution is -2.36. The third kappa shape index (κ3) is 6.76. The summed E-state index contributed by atoms with van der Waals surface area (Å²) in [6.07, 6.45) is 1.41. The molecule has 3 N–H and O–H groups in total. The number of carbonyl (C=O) groups excluding carboxylic acids is 1. The van der Waals surface area contributed by atoms with E-state index < -0.39 is 5.54 Å². The Bertz CT molecular complexity index is 487. The van der Waals surface area contributed by atoms with Crippen LogP contribution in [-0.2, 0) is 4.79 Å². The van der Waals surface area contributed by atoms with Crippen molar-refractivity contribution in [3.05, 3.63) is 24.3 Å². The quantitative estimate of drug-likeness (QED) is 0.748. The molecule has 1 rings (SSSR count). The van der Waals surface area contributed by atoms with E-state index in [2.05, 4.69) is 11.4 Å². The molecule has 0 unspecified atom stereocenters. The average Bonchev–Trinajstić information content (AvgIpc) is 2.32. The maximum atomic E-state index is 11.8. The Balaban J connectivity index is 2.51. The van der Waals surface area contributed by atoms with Crippen molar-refractivity contribution in [2.24, 2.45) is 5.73 Å². The van der Waals surface area contributed by atoms with Crippen molar-refractivity contribution in [2.45, 2.75) is 38.6 Å². The molecule has 0 bridgehead atoms. The summed E-state index contributed by atoms with van der Waals surface area (Å²) < 4.78 is 5.50. The van der Waals surface area contributed by atoms with Crippen molar-refractivity contribution >= 4 is 11.6 Å². The van der Waals surface area contributed by atoms with Crippen LogP contribution in [-0.4, -0.2) is 18.1 Å². The van der Waals surface area contributed by atoms with Gasteiger partial charge >= 0.3 is 0 Å². The summed E-state index contributed by atoms with van der Waals surface area (Å²) in [6, 6.07) is 9.24. The molecule has 0 saturated carbocycles. The van der Waals surface area contributed by atoms with Crippen LogP contribution in [0.5, 0.6) is 5.75 Å². The number of unbranched alkanes of at least 4 members (excludes halogenated alkanes) is 1. The molecule has 0 spiro atoms. The third-order valence-corrected chi connectivity index (χ3v) is 2.44. The number of benzene rings is 1. The Hall–Kier alpha value is -2.06. The zero-order valence-corrected chi connectivity index (χ0v) is 12.0. The minimum absolute atomic E-state index is 0.126. The van der Waals surface area contributed by atoms with Crippen LogP contribution in [0.2, 0.25) is 0 Å². The Morgan fingerprint density at radius 3 is 2.90 bits per heavy atom. The van der Waals surface area contributed by atoms with E-state index in [4.69, 9.17) is 15.7 Å². The number of hydrogen-bond acceptors (Lipinski definition) is 4. The van der Waals surface area contributed by atoms with E-state index in [1.165, 1.54) is 0 Å². The van der Waals surface area contributed by atoms with Crippen LogP contribution in [0.25, 0.3) is 0 Å². The number of nitrogens with two attached hydrogens (primary N) is 1. The normalized spacial score (nSPS) is 10.7. The number of carbonyl (C=O) groups is 1. The van der Waals surface area contributed by atoms with Gasteiger partial charge in [-0.3, -0.25) is 4.79 Å². The van der Waals surface area contributed by atoms with Gasteiger partial charge in [0.15, 0.2) is 0 Å². The standard InChI is InChI=1S/C15H21N3O2/c1-15(2,17)11-14(19)18-12-6-5-7-13(10-12)20-9-4-3-8-16/h5-7,10H,3-4,9,11,17H2,1-2H3,(H,18,19). The van der Waals surface area contributed by atoms with Gasteiger partial charge in [0.05, 0.1) is 12.7 Å². The number of nitriles is 1. The Labute approximate surface area is 119 Å². The van der Waals surface area contributed by atoms with Crippen LogP contribution in [0.1, 0.15) is 33.1 Å². The van der Waals surface area contributed by atoms with Gasteiger partial charge in [0.25, 0.3) is 0 Å². The van der Waals surface area contributed by atoms with Crippen LogP contribution in [0.3, 0.4) is 0 Å². The zero-order chi connectivity index (χ0) is 15.0. The van der Waals surface area contributed by atoms with Crippen molar-refractivity contribution in [3.63, 3.8) is 0 Å². The van der Waals surface area contributed by atoms with E-state index in [1.54, 1.807) is 26.0 Å². The highest BCUT2D eigenvalue weighted by molar-refractivity contribution is 5.91. The molecule has 0 atom stereocenters. The number of rotatable bonds is 7. The maximum absolute atomic E-state index is 11.8. The second-order valence-electron chi connectivity index (χ2n) is 5.35. The van der Waals surface area contributed by atoms with E-state index >= 15 is 0 Å². The number of amides is 1. The van der Waals surface area contributed by atoms with Crippen molar-refractivity contribution in [1.29, 1.82) is 5.26 Å². The summed E-state index contributed by atoms with van der Waals surface area (Å²) in [4.78, 5) is 11.8. The molecule has 0 heterocycles. The lowest BCUT2D eigenvalue weighted by atomic mass is 10.0. The third-order valence-electron chi connectivity index (χ3n) is 2.44. The molecule has 1 amide bonds. The summed E-state index contributed by atoms with van der Waals surface area (Å²) in [6.45, 7) is 4.10. The maximum Gasteiger partial charge on any atom is 0.226 e. The number of nitrogens with zero attached hydrogens (tertiary/aromatic N) is 1. The van der Waals surface area contributed by atoms with Crippen molar-refractivity contribution in [2.75, 3.05) is 11.9 Å². The number of hydrogen-bond donors (Lipinski definition) is 2. The molecular weight excluding hydrogens is 254 g/mol. The van der Waals surface area contributed by atoms with Crippen LogP contribution in [0, 0.1) is 11.3 Å². The summed E-state index contributed by atoms with van der Waals surface area (Å²) >= 11 is 0. The highest BCUT2D eigenvalue weighted by atomic mass is 16.5. The molecule has 0 aliphatic carbocycles. The van der Waals surface area contributed by atoms with Crippen LogP contribution >= 0.6 is 0 Å². The van der Waals surface area contributed by atoms with Crippen molar-refractivity contribution in [1.82, 2.24) is 0 Å². The van der Waals surface area contributed by atoms with Gasteiger partial charge in [0.2, 0.25) is 5.91 Å². The van der Waals surface area contributed by atoms with Gasteiger partial charge in [0.1, 0.15) is 5.75 Å². The molecule has 5 heteroatoms. The lowest BCUT2D eigenvalue weighted by Gasteiger charge is -2.17. The first kappa shape index (κ1) is 16.0. The van der Waals surface area contributed by atoms with E-state index in [1.807, 2.05) is 12.1 Å². The topological polar surface area (TPSA) is 88.1 Å². The molecule has 5 nitrogen and oxygen atoms in total. The number of ether oxygens (including phenoxy) is 1. The van der Waals surface area contributed by atoms with E-state index in [-0.39, 0.29) is 12.3 Å². The molecule has 1 aromatic carbocycles. The van der Waals surface area contributed by atoms with Crippen molar-refractivity contribution in [3.8, 4) is 11.8 Å². The van der Waals surface area contributed by atoms with Gasteiger partial charge in [-0.25, -0.2) is 0 Å². The highest BCUT2D eigenvalue weighted by Crippen LogP contribution is 2.18. The fourth-order valence-electron chi connectivity index (χ4n) is 1.62. The Morgan fingerprint density at radius 2 is 2.25 bits per heavy atom. The van der Waals surface area contributed by atoms with E-state index in [0.717, 1.165) is 0 Å². The summed E-state index contributed by atoms with van der Waals surface area (Å²) in [5.41, 5.74) is 5.95. The van der Waals surface area contributed by atoms with Gasteiger partial charge in [-0.2, -0.15) is 5.26 Å². The van der Waals surface area contributed by atoms with E-state index in [9.17, 15) is 4.79 Å². The summed E-state index contributed by atoms with van der Waals surface area (Å²) in [5.74, 6) is 0.548. The molecule has 0 aliphatic rings. The molecule has 0 radical (unpaired) electrons. The molecule has 20 heavy (non-hydrogen) atoms. The van der Waals surface area contributed by atoms with Gasteiger partial charge in [-0.15, -0.1) is 0 Å². The lowest BCUT2D eigenvalue weighted by molar-refractivity contribution is -0.117. The largest absolute Gasteiger partial charge is 0.493 e. The Kier molecular flexibility index (Phi) is 6.01. The molecule has 0 aromatic heterocycles. The van der Waals surface area contributed by atoms with Gasteiger partial charge in [-0.1, -0.05) is 6.07 Å². The monoisotopic (exact) mass is 275 g/mol. The first-order chi connectivity index (χ1) is 9.40. The summed E-state index contributed by atoms with van der Waals surface area (Å²) in [5, 5.41) is 11.2. The molecule has 0 saturated heterocycles. The minimum atomic E-state index is -0.532. The number of anilines is 1. The fraction of sp³-hybridized carbons (Fsp3) is 0.467. The van der Waals surface area contributed by atoms with E-state index in [0.29, 0.717) is 30.9 Å². The van der Waals surface area contributed by atoms with Crippen LogP contribution in [0.15, 0.2) is 24.3 Å². The first-order valence-corrected chi connectivity index (χ1v) is 6.59. The fourth-order valence-corrected chi connectivity index (χ4v) is 1.62. The molecule has 0 fully saturated rings. The minimum Gasteiger partial charge on any atom is -0.493 e. The molecular formula is C15H21N3O2. The predicted molar refractivity (Wildman–Crippen MR) is 78.3 cm³/mol.